The van der Waals surface area contributed by atoms with Crippen molar-refractivity contribution in [1.29, 1.82) is 0 Å². The number of carbonyl (C=O) groups is 1. The van der Waals surface area contributed by atoms with Gasteiger partial charge in [0.2, 0.25) is 11.9 Å². The molecular weight excluding hydrogens is 304 g/mol. The van der Waals surface area contributed by atoms with Gasteiger partial charge in [-0.05, 0) is 18.9 Å². The standard InChI is InChI=1S/C18H32N4O2/c1-2-3-4-5-6-7-15-24-16-9-13-19-17(23)10-14-22-18-20-11-8-12-21-18/h8,11-12H,2-7,9-10,13-16H2,1H3,(H,19,23)(H,20,21,22). The first-order valence-corrected chi connectivity index (χ1v) is 9.18. The van der Waals surface area contributed by atoms with Gasteiger partial charge in [-0.15, -0.1) is 0 Å². The minimum atomic E-state index is 0.0364. The highest BCUT2D eigenvalue weighted by atomic mass is 16.5. The molecule has 1 aromatic rings. The van der Waals surface area contributed by atoms with Gasteiger partial charge in [0.15, 0.2) is 0 Å². The number of anilines is 1. The van der Waals surface area contributed by atoms with Crippen molar-refractivity contribution in [3.05, 3.63) is 18.5 Å². The summed E-state index contributed by atoms with van der Waals surface area (Å²) in [4.78, 5) is 19.7. The van der Waals surface area contributed by atoms with E-state index in [0.29, 0.717) is 32.1 Å². The fourth-order valence-corrected chi connectivity index (χ4v) is 2.26. The van der Waals surface area contributed by atoms with Gasteiger partial charge in [-0.3, -0.25) is 4.79 Å². The van der Waals surface area contributed by atoms with E-state index in [1.165, 1.54) is 32.1 Å². The van der Waals surface area contributed by atoms with Gasteiger partial charge < -0.3 is 15.4 Å². The molecule has 0 atom stereocenters. The third-order valence-corrected chi connectivity index (χ3v) is 3.63. The Bertz CT molecular complexity index is 415. The lowest BCUT2D eigenvalue weighted by Gasteiger charge is -2.07. The van der Waals surface area contributed by atoms with Crippen LogP contribution in [0.1, 0.15) is 58.3 Å². The van der Waals surface area contributed by atoms with E-state index >= 15 is 0 Å². The molecule has 0 unspecified atom stereocenters. The van der Waals surface area contributed by atoms with E-state index in [9.17, 15) is 4.79 Å². The molecule has 0 aromatic carbocycles. The van der Waals surface area contributed by atoms with Crippen LogP contribution in [0.4, 0.5) is 5.95 Å². The van der Waals surface area contributed by atoms with Crippen LogP contribution in [-0.4, -0.2) is 42.2 Å². The van der Waals surface area contributed by atoms with Crippen molar-refractivity contribution >= 4 is 11.9 Å². The zero-order valence-corrected chi connectivity index (χ0v) is 14.9. The average Bonchev–Trinajstić information content (AvgIpc) is 2.60. The van der Waals surface area contributed by atoms with Gasteiger partial charge in [-0.2, -0.15) is 0 Å². The monoisotopic (exact) mass is 336 g/mol. The van der Waals surface area contributed by atoms with E-state index in [1.54, 1.807) is 18.5 Å². The second-order valence-corrected chi connectivity index (χ2v) is 5.83. The molecule has 136 valence electrons. The third kappa shape index (κ3) is 11.8. The van der Waals surface area contributed by atoms with Crippen LogP contribution in [0, 0.1) is 0 Å². The number of carbonyl (C=O) groups excluding carboxylic acids is 1. The molecule has 0 saturated carbocycles. The van der Waals surface area contributed by atoms with E-state index < -0.39 is 0 Å². The summed E-state index contributed by atoms with van der Waals surface area (Å²) in [5.74, 6) is 0.586. The summed E-state index contributed by atoms with van der Waals surface area (Å²) in [6.07, 6.45) is 12.3. The lowest BCUT2D eigenvalue weighted by molar-refractivity contribution is -0.120. The first kappa shape index (κ1) is 20.4. The van der Waals surface area contributed by atoms with E-state index in [0.717, 1.165) is 19.4 Å². The summed E-state index contributed by atoms with van der Waals surface area (Å²) < 4.78 is 5.58. The lowest BCUT2D eigenvalue weighted by atomic mass is 10.1. The molecular formula is C18H32N4O2. The lowest BCUT2D eigenvalue weighted by Crippen LogP contribution is -2.27. The molecule has 0 bridgehead atoms. The Morgan fingerprint density at radius 3 is 2.50 bits per heavy atom. The van der Waals surface area contributed by atoms with Gasteiger partial charge >= 0.3 is 0 Å². The van der Waals surface area contributed by atoms with Gasteiger partial charge in [0.25, 0.3) is 0 Å². The summed E-state index contributed by atoms with van der Waals surface area (Å²) in [6.45, 7) is 4.98. The number of hydrogen-bond donors (Lipinski definition) is 2. The highest BCUT2D eigenvalue weighted by Gasteiger charge is 2.01. The number of rotatable bonds is 15. The van der Waals surface area contributed by atoms with Crippen molar-refractivity contribution < 1.29 is 9.53 Å². The maximum atomic E-state index is 11.7. The number of amides is 1. The smallest absolute Gasteiger partial charge is 0.222 e. The molecule has 2 N–H and O–H groups in total. The molecule has 6 nitrogen and oxygen atoms in total. The maximum Gasteiger partial charge on any atom is 0.222 e. The van der Waals surface area contributed by atoms with E-state index in [2.05, 4.69) is 27.5 Å². The quantitative estimate of drug-likeness (QED) is 0.481. The van der Waals surface area contributed by atoms with Crippen LogP contribution in [0.5, 0.6) is 0 Å². The Labute approximate surface area is 145 Å². The predicted molar refractivity (Wildman–Crippen MR) is 97.0 cm³/mol. The fourth-order valence-electron chi connectivity index (χ4n) is 2.26. The molecule has 0 aliphatic carbocycles. The molecule has 6 heteroatoms. The minimum absolute atomic E-state index is 0.0364. The molecule has 0 spiro atoms. The van der Waals surface area contributed by atoms with Crippen LogP contribution in [0.3, 0.4) is 0 Å². The van der Waals surface area contributed by atoms with Crippen molar-refractivity contribution in [1.82, 2.24) is 15.3 Å². The number of aromatic nitrogens is 2. The van der Waals surface area contributed by atoms with E-state index in [1.807, 2.05) is 0 Å². The van der Waals surface area contributed by atoms with Crippen molar-refractivity contribution in [2.75, 3.05) is 31.6 Å². The summed E-state index contributed by atoms with van der Waals surface area (Å²) in [6, 6.07) is 1.76. The van der Waals surface area contributed by atoms with Crippen LogP contribution in [0.25, 0.3) is 0 Å². The Hall–Kier alpha value is -1.69. The minimum Gasteiger partial charge on any atom is -0.381 e. The van der Waals surface area contributed by atoms with Crippen molar-refractivity contribution in [3.8, 4) is 0 Å². The molecule has 1 heterocycles. The molecule has 0 radical (unpaired) electrons. The van der Waals surface area contributed by atoms with Gasteiger partial charge in [0.1, 0.15) is 0 Å². The largest absolute Gasteiger partial charge is 0.381 e. The van der Waals surface area contributed by atoms with E-state index in [4.69, 9.17) is 4.74 Å². The molecule has 1 aromatic heterocycles. The summed E-state index contributed by atoms with van der Waals surface area (Å²) in [7, 11) is 0. The first-order chi connectivity index (χ1) is 11.8. The zero-order chi connectivity index (χ0) is 17.3. The summed E-state index contributed by atoms with van der Waals surface area (Å²) in [5.41, 5.74) is 0. The summed E-state index contributed by atoms with van der Waals surface area (Å²) in [5, 5.41) is 5.91. The molecule has 24 heavy (non-hydrogen) atoms. The van der Waals surface area contributed by atoms with Crippen LogP contribution < -0.4 is 10.6 Å². The highest BCUT2D eigenvalue weighted by molar-refractivity contribution is 5.76. The van der Waals surface area contributed by atoms with Gasteiger partial charge in [-0.1, -0.05) is 39.0 Å². The molecule has 1 rings (SSSR count). The molecule has 0 saturated heterocycles. The van der Waals surface area contributed by atoms with Crippen LogP contribution in [-0.2, 0) is 9.53 Å². The second kappa shape index (κ2) is 14.9. The number of hydrogen-bond acceptors (Lipinski definition) is 5. The molecule has 1 amide bonds. The first-order valence-electron chi connectivity index (χ1n) is 9.18. The second-order valence-electron chi connectivity index (χ2n) is 5.83. The van der Waals surface area contributed by atoms with E-state index in [-0.39, 0.29) is 5.91 Å². The van der Waals surface area contributed by atoms with Crippen molar-refractivity contribution in [3.63, 3.8) is 0 Å². The van der Waals surface area contributed by atoms with Gasteiger partial charge in [0, 0.05) is 45.1 Å². The topological polar surface area (TPSA) is 76.1 Å². The van der Waals surface area contributed by atoms with Gasteiger partial charge in [0.05, 0.1) is 0 Å². The van der Waals surface area contributed by atoms with Crippen LogP contribution in [0.15, 0.2) is 18.5 Å². The number of unbranched alkanes of at least 4 members (excludes halogenated alkanes) is 5. The SMILES string of the molecule is CCCCCCCCOCCCNC(=O)CCNc1ncccn1. The molecule has 0 aliphatic heterocycles. The number of nitrogens with one attached hydrogen (secondary N) is 2. The normalized spacial score (nSPS) is 10.5. The molecule has 0 fully saturated rings. The Morgan fingerprint density at radius 2 is 1.71 bits per heavy atom. The molecule has 0 aliphatic rings. The highest BCUT2D eigenvalue weighted by Crippen LogP contribution is 2.04. The number of ether oxygens (including phenoxy) is 1. The third-order valence-electron chi connectivity index (χ3n) is 3.63. The predicted octanol–water partition coefficient (Wildman–Crippen LogP) is 3.16. The Balaban J connectivity index is 1.82. The van der Waals surface area contributed by atoms with Gasteiger partial charge in [-0.25, -0.2) is 9.97 Å². The van der Waals surface area contributed by atoms with Crippen LogP contribution >= 0.6 is 0 Å². The summed E-state index contributed by atoms with van der Waals surface area (Å²) >= 11 is 0. The zero-order valence-electron chi connectivity index (χ0n) is 14.9. The maximum absolute atomic E-state index is 11.7. The Kier molecular flexibility index (Phi) is 12.6. The average molecular weight is 336 g/mol. The van der Waals surface area contributed by atoms with Crippen molar-refractivity contribution in [2.24, 2.45) is 0 Å². The number of nitrogens with zero attached hydrogens (tertiary/aromatic N) is 2. The Morgan fingerprint density at radius 1 is 1.00 bits per heavy atom. The van der Waals surface area contributed by atoms with Crippen LogP contribution in [0.2, 0.25) is 0 Å². The van der Waals surface area contributed by atoms with Crippen molar-refractivity contribution in [2.45, 2.75) is 58.3 Å². The fraction of sp³-hybridized carbons (Fsp3) is 0.722.